The first-order chi connectivity index (χ1) is 33.6. The van der Waals surface area contributed by atoms with Gasteiger partial charge in [-0.05, 0) is 74.5 Å². The molecule has 6 heterocycles. The number of nitrogens with zero attached hydrogens (tertiary/aromatic N) is 10. The van der Waals surface area contributed by atoms with Gasteiger partial charge in [0.2, 0.25) is 11.8 Å². The lowest BCUT2D eigenvalue weighted by Crippen LogP contribution is -2.51. The Hall–Kier alpha value is -8.14. The predicted molar refractivity (Wildman–Crippen MR) is 260 cm³/mol. The summed E-state index contributed by atoms with van der Waals surface area (Å²) in [5.41, 5.74) is 2.04. The number of aromatic nitrogens is 6. The van der Waals surface area contributed by atoms with Crippen molar-refractivity contribution in [3.8, 4) is 34.7 Å². The zero-order valence-electron chi connectivity index (χ0n) is 37.7. The second-order valence-corrected chi connectivity index (χ2v) is 17.1. The number of halogens is 2. The number of rotatable bonds is 10. The van der Waals surface area contributed by atoms with Gasteiger partial charge >= 0.3 is 0 Å². The third-order valence-corrected chi connectivity index (χ3v) is 11.3. The van der Waals surface area contributed by atoms with E-state index in [-0.39, 0.29) is 71.1 Å². The fraction of sp³-hybridized carbons (Fsp3) is 0.250. The number of amides is 4. The fourth-order valence-corrected chi connectivity index (χ4v) is 7.71. The van der Waals surface area contributed by atoms with Crippen LogP contribution in [0.3, 0.4) is 0 Å². The maximum absolute atomic E-state index is 13.0. The Morgan fingerprint density at radius 3 is 1.36 bits per heavy atom. The number of benzene rings is 2. The molecule has 6 aromatic rings. The molecule has 4 aromatic heterocycles. The molecule has 0 bridgehead atoms. The molecule has 4 amide bonds. The quantitative estimate of drug-likeness (QED) is 0.152. The number of carbonyl (C=O) groups excluding carboxylic acids is 4. The molecule has 22 heteroatoms. The molecular formula is C48H44Cl2N14O6. The number of piperazine rings is 2. The van der Waals surface area contributed by atoms with Gasteiger partial charge in [0.1, 0.15) is 48.3 Å². The van der Waals surface area contributed by atoms with Gasteiger partial charge in [-0.1, -0.05) is 47.5 Å². The zero-order chi connectivity index (χ0) is 49.9. The summed E-state index contributed by atoms with van der Waals surface area (Å²) >= 11 is 11.8. The average Bonchev–Trinajstić information content (AvgIpc) is 3.35. The van der Waals surface area contributed by atoms with E-state index in [2.05, 4.69) is 41.4 Å². The highest BCUT2D eigenvalue weighted by atomic mass is 35.5. The fourth-order valence-electron chi connectivity index (χ4n) is 7.46. The molecular weight excluding hydrogens is 940 g/mol. The van der Waals surface area contributed by atoms with Crippen molar-refractivity contribution in [2.75, 3.05) is 49.9 Å². The normalized spacial score (nSPS) is 15.3. The standard InChI is InChI=1S/2C24H22ClN7O3/c2*1-15-13-31(9-8-27-15)24(35)17-10-19(12-26)28-21(11-17)29-22(33)14-32-23(34)7-6-20(30-32)16-2-4-18(25)5-3-16/h2*2-7,10-11,15,27H,8-9,13-14H2,1H3,(H,28,29,33). The van der Waals surface area contributed by atoms with Crippen molar-refractivity contribution >= 4 is 58.5 Å². The van der Waals surface area contributed by atoms with E-state index in [4.69, 9.17) is 23.2 Å². The first-order valence-corrected chi connectivity index (χ1v) is 22.6. The van der Waals surface area contributed by atoms with E-state index < -0.39 is 22.9 Å². The van der Waals surface area contributed by atoms with Gasteiger partial charge in [0.05, 0.1) is 11.4 Å². The monoisotopic (exact) mass is 982 g/mol. The van der Waals surface area contributed by atoms with Crippen LogP contribution in [0.4, 0.5) is 11.6 Å². The molecule has 0 spiro atoms. The van der Waals surface area contributed by atoms with Gasteiger partial charge in [0.25, 0.3) is 22.9 Å². The van der Waals surface area contributed by atoms with Crippen molar-refractivity contribution in [1.29, 1.82) is 10.5 Å². The van der Waals surface area contributed by atoms with Crippen molar-refractivity contribution < 1.29 is 19.2 Å². The second-order valence-electron chi connectivity index (χ2n) is 16.2. The second kappa shape index (κ2) is 22.8. The van der Waals surface area contributed by atoms with Gasteiger partial charge in [-0.25, -0.2) is 19.3 Å². The van der Waals surface area contributed by atoms with Crippen LogP contribution < -0.4 is 32.4 Å². The van der Waals surface area contributed by atoms with E-state index in [9.17, 15) is 39.3 Å². The average molecular weight is 984 g/mol. The van der Waals surface area contributed by atoms with Gasteiger partial charge in [0.15, 0.2) is 0 Å². The van der Waals surface area contributed by atoms with E-state index in [1.54, 1.807) is 70.5 Å². The van der Waals surface area contributed by atoms with Crippen molar-refractivity contribution in [3.05, 3.63) is 150 Å². The molecule has 4 N–H and O–H groups in total. The molecule has 2 aliphatic heterocycles. The van der Waals surface area contributed by atoms with Crippen LogP contribution in [0.2, 0.25) is 10.0 Å². The Kier molecular flexibility index (Phi) is 16.2. The van der Waals surface area contributed by atoms with Gasteiger partial charge in [-0.15, -0.1) is 0 Å². The summed E-state index contributed by atoms with van der Waals surface area (Å²) in [6.07, 6.45) is 0. The third-order valence-electron chi connectivity index (χ3n) is 10.8. The molecule has 2 atom stereocenters. The van der Waals surface area contributed by atoms with Gasteiger partial charge < -0.3 is 31.1 Å². The van der Waals surface area contributed by atoms with Crippen LogP contribution in [0.25, 0.3) is 22.5 Å². The van der Waals surface area contributed by atoms with Crippen molar-refractivity contribution in [2.24, 2.45) is 0 Å². The van der Waals surface area contributed by atoms with Crippen LogP contribution in [0.5, 0.6) is 0 Å². The first-order valence-electron chi connectivity index (χ1n) is 21.8. The van der Waals surface area contributed by atoms with Crippen LogP contribution in [-0.2, 0) is 22.7 Å². The molecule has 2 aliphatic rings. The van der Waals surface area contributed by atoms with Crippen LogP contribution in [0.15, 0.2) is 107 Å². The van der Waals surface area contributed by atoms with Crippen molar-refractivity contribution in [3.63, 3.8) is 0 Å². The number of nitrogens with one attached hydrogen (secondary N) is 4. The van der Waals surface area contributed by atoms with E-state index in [0.29, 0.717) is 60.7 Å². The SMILES string of the molecule is CC1CN(C(=O)c2cc(C#N)nc(NC(=O)Cn3nc(-c4ccc(Cl)cc4)ccc3=O)c2)CCN1.CC1CN(C(=O)c2cc(C#N)nc(NC(=O)Cn3nc(-c4ccc(Cl)cc4)ccc3=O)c2)CCN1. The Labute approximate surface area is 410 Å². The summed E-state index contributed by atoms with van der Waals surface area (Å²) in [4.78, 5) is 87.4. The lowest BCUT2D eigenvalue weighted by molar-refractivity contribution is -0.117. The maximum atomic E-state index is 13.0. The minimum absolute atomic E-state index is 0.00522. The number of carbonyl (C=O) groups is 4. The molecule has 20 nitrogen and oxygen atoms in total. The topological polar surface area (TPSA) is 266 Å². The number of pyridine rings is 2. The largest absolute Gasteiger partial charge is 0.336 e. The summed E-state index contributed by atoms with van der Waals surface area (Å²) in [7, 11) is 0. The highest BCUT2D eigenvalue weighted by molar-refractivity contribution is 6.31. The molecule has 0 aliphatic carbocycles. The Bertz CT molecular complexity index is 2940. The van der Waals surface area contributed by atoms with Crippen LogP contribution >= 0.6 is 23.2 Å². The molecule has 0 radical (unpaired) electrons. The Balaban J connectivity index is 0.000000206. The van der Waals surface area contributed by atoms with E-state index in [1.165, 1.54) is 36.4 Å². The number of hydrogen-bond donors (Lipinski definition) is 4. The molecule has 70 heavy (non-hydrogen) atoms. The molecule has 2 fully saturated rings. The minimum Gasteiger partial charge on any atom is -0.336 e. The summed E-state index contributed by atoms with van der Waals surface area (Å²) in [6.45, 7) is 6.68. The molecule has 0 saturated carbocycles. The highest BCUT2D eigenvalue weighted by Crippen LogP contribution is 2.21. The van der Waals surface area contributed by atoms with E-state index >= 15 is 0 Å². The van der Waals surface area contributed by atoms with Crippen molar-refractivity contribution in [2.45, 2.75) is 39.0 Å². The predicted octanol–water partition coefficient (Wildman–Crippen LogP) is 3.81. The number of nitriles is 2. The van der Waals surface area contributed by atoms with Gasteiger partial charge in [-0.3, -0.25) is 28.8 Å². The summed E-state index contributed by atoms with van der Waals surface area (Å²) < 4.78 is 2.06. The zero-order valence-corrected chi connectivity index (χ0v) is 39.2. The number of anilines is 2. The van der Waals surface area contributed by atoms with Crippen LogP contribution in [0, 0.1) is 22.7 Å². The first kappa shape index (κ1) is 49.8. The van der Waals surface area contributed by atoms with E-state index in [1.807, 2.05) is 26.0 Å². The van der Waals surface area contributed by atoms with Crippen LogP contribution in [0.1, 0.15) is 46.0 Å². The smallest absolute Gasteiger partial charge is 0.267 e. The molecule has 2 saturated heterocycles. The summed E-state index contributed by atoms with van der Waals surface area (Å²) in [6, 6.07) is 29.4. The van der Waals surface area contributed by atoms with Gasteiger partial charge in [0, 0.05) is 95.8 Å². The van der Waals surface area contributed by atoms with Crippen molar-refractivity contribution in [1.82, 2.24) is 50.0 Å². The van der Waals surface area contributed by atoms with Crippen LogP contribution in [-0.4, -0.2) is 114 Å². The van der Waals surface area contributed by atoms with E-state index in [0.717, 1.165) is 20.5 Å². The Morgan fingerprint density at radius 1 is 0.614 bits per heavy atom. The molecule has 2 aromatic carbocycles. The number of hydrogen-bond acceptors (Lipinski definition) is 14. The molecule has 2 unspecified atom stereocenters. The Morgan fingerprint density at radius 2 is 1.00 bits per heavy atom. The minimum atomic E-state index is -0.579. The van der Waals surface area contributed by atoms with Gasteiger partial charge in [-0.2, -0.15) is 20.7 Å². The summed E-state index contributed by atoms with van der Waals surface area (Å²) in [5.74, 6) is -1.57. The lowest BCUT2D eigenvalue weighted by Gasteiger charge is -2.32. The molecule has 356 valence electrons. The lowest BCUT2D eigenvalue weighted by atomic mass is 10.1. The summed E-state index contributed by atoms with van der Waals surface area (Å²) in [5, 5.41) is 40.0. The molecule has 8 rings (SSSR count). The maximum Gasteiger partial charge on any atom is 0.267 e. The third kappa shape index (κ3) is 13.1. The highest BCUT2D eigenvalue weighted by Gasteiger charge is 2.25.